The first-order chi connectivity index (χ1) is 7.81. The number of nitrogens with zero attached hydrogens (tertiary/aromatic N) is 1. The Balaban J connectivity index is 0.00000144. The Bertz CT molecular complexity index is 459. The van der Waals surface area contributed by atoms with Gasteiger partial charge in [0.2, 0.25) is 0 Å². The number of aromatic nitrogens is 1. The predicted molar refractivity (Wildman–Crippen MR) is 75.2 cm³/mol. The van der Waals surface area contributed by atoms with E-state index in [-0.39, 0.29) is 12.4 Å². The van der Waals surface area contributed by atoms with E-state index in [1.807, 2.05) is 29.6 Å². The molecule has 1 heterocycles. The molecule has 1 aromatic carbocycles. The molecule has 0 radical (unpaired) electrons. The molecule has 0 spiro atoms. The van der Waals surface area contributed by atoms with E-state index < -0.39 is 0 Å². The van der Waals surface area contributed by atoms with E-state index in [1.54, 1.807) is 18.4 Å². The fourth-order valence-corrected chi connectivity index (χ4v) is 2.18. The average molecular weight is 291 g/mol. The minimum atomic E-state index is 0. The van der Waals surface area contributed by atoms with Crippen LogP contribution in [-0.4, -0.2) is 12.1 Å². The van der Waals surface area contributed by atoms with E-state index in [1.165, 1.54) is 0 Å². The standard InChI is InChI=1S/C11H11ClN2OS.ClH/c1-15-10-4-2-8(3-5-10)13-11-14-9(6-12)7-16-11;/h2-5,7H,6H2,1H3,(H,13,14);1H. The van der Waals surface area contributed by atoms with Gasteiger partial charge in [0.1, 0.15) is 5.75 Å². The summed E-state index contributed by atoms with van der Waals surface area (Å²) in [5, 5.41) is 5.99. The summed E-state index contributed by atoms with van der Waals surface area (Å²) < 4.78 is 5.08. The minimum absolute atomic E-state index is 0. The van der Waals surface area contributed by atoms with Gasteiger partial charge in [-0.05, 0) is 24.3 Å². The molecule has 0 fully saturated rings. The Kier molecular flexibility index (Phi) is 5.55. The second-order valence-corrected chi connectivity index (χ2v) is 4.26. The van der Waals surface area contributed by atoms with Crippen LogP contribution < -0.4 is 10.1 Å². The van der Waals surface area contributed by atoms with Crippen molar-refractivity contribution in [3.8, 4) is 5.75 Å². The van der Waals surface area contributed by atoms with E-state index in [0.29, 0.717) is 5.88 Å². The maximum absolute atomic E-state index is 5.68. The minimum Gasteiger partial charge on any atom is -0.497 e. The highest BCUT2D eigenvalue weighted by Crippen LogP contribution is 2.23. The van der Waals surface area contributed by atoms with E-state index in [9.17, 15) is 0 Å². The smallest absolute Gasteiger partial charge is 0.187 e. The lowest BCUT2D eigenvalue weighted by Gasteiger charge is -2.03. The zero-order valence-electron chi connectivity index (χ0n) is 9.14. The molecule has 0 bridgehead atoms. The number of thiazole rings is 1. The van der Waals surface area contributed by atoms with Crippen molar-refractivity contribution in [2.75, 3.05) is 12.4 Å². The molecule has 2 aromatic rings. The van der Waals surface area contributed by atoms with Gasteiger partial charge >= 0.3 is 0 Å². The lowest BCUT2D eigenvalue weighted by molar-refractivity contribution is 0.415. The first-order valence-electron chi connectivity index (χ1n) is 4.73. The molecule has 17 heavy (non-hydrogen) atoms. The second-order valence-electron chi connectivity index (χ2n) is 3.13. The van der Waals surface area contributed by atoms with Crippen molar-refractivity contribution >= 4 is 46.2 Å². The van der Waals surface area contributed by atoms with Crippen LogP contribution in [-0.2, 0) is 5.88 Å². The molecule has 0 amide bonds. The fourth-order valence-electron chi connectivity index (χ4n) is 1.22. The van der Waals surface area contributed by atoms with E-state index in [4.69, 9.17) is 16.3 Å². The van der Waals surface area contributed by atoms with Crippen LogP contribution in [0.2, 0.25) is 0 Å². The number of methoxy groups -OCH3 is 1. The van der Waals surface area contributed by atoms with E-state index >= 15 is 0 Å². The largest absolute Gasteiger partial charge is 0.497 e. The Labute approximate surface area is 115 Å². The summed E-state index contributed by atoms with van der Waals surface area (Å²) in [5.74, 6) is 1.28. The summed E-state index contributed by atoms with van der Waals surface area (Å²) in [4.78, 5) is 4.31. The monoisotopic (exact) mass is 290 g/mol. The summed E-state index contributed by atoms with van der Waals surface area (Å²) in [6, 6.07) is 7.69. The van der Waals surface area contributed by atoms with Crippen molar-refractivity contribution in [3.63, 3.8) is 0 Å². The van der Waals surface area contributed by atoms with Gasteiger partial charge in [-0.2, -0.15) is 0 Å². The fraction of sp³-hybridized carbons (Fsp3) is 0.182. The van der Waals surface area contributed by atoms with Crippen molar-refractivity contribution in [1.82, 2.24) is 4.98 Å². The van der Waals surface area contributed by atoms with Crippen LogP contribution in [0.1, 0.15) is 5.69 Å². The number of nitrogens with one attached hydrogen (secondary N) is 1. The Morgan fingerprint density at radius 2 is 2.06 bits per heavy atom. The van der Waals surface area contributed by atoms with Crippen LogP contribution in [0.25, 0.3) is 0 Å². The molecular weight excluding hydrogens is 279 g/mol. The van der Waals surface area contributed by atoms with Crippen molar-refractivity contribution < 1.29 is 4.74 Å². The third kappa shape index (κ3) is 3.77. The summed E-state index contributed by atoms with van der Waals surface area (Å²) in [6.45, 7) is 0. The maximum atomic E-state index is 5.68. The van der Waals surface area contributed by atoms with Gasteiger partial charge in [0, 0.05) is 11.1 Å². The number of anilines is 2. The molecule has 2 rings (SSSR count). The molecule has 6 heteroatoms. The van der Waals surface area contributed by atoms with Gasteiger partial charge in [0.15, 0.2) is 5.13 Å². The molecule has 92 valence electrons. The van der Waals surface area contributed by atoms with Crippen molar-refractivity contribution in [2.45, 2.75) is 5.88 Å². The van der Waals surface area contributed by atoms with Crippen molar-refractivity contribution in [2.24, 2.45) is 0 Å². The quantitative estimate of drug-likeness (QED) is 0.863. The SMILES string of the molecule is COc1ccc(Nc2nc(CCl)cs2)cc1.Cl. The van der Waals surface area contributed by atoms with Crippen LogP contribution in [0.4, 0.5) is 10.8 Å². The third-order valence-electron chi connectivity index (χ3n) is 2.03. The summed E-state index contributed by atoms with van der Waals surface area (Å²) in [7, 11) is 1.65. The van der Waals surface area contributed by atoms with Crippen molar-refractivity contribution in [1.29, 1.82) is 0 Å². The van der Waals surface area contributed by atoms with Crippen LogP contribution in [0.15, 0.2) is 29.6 Å². The first-order valence-corrected chi connectivity index (χ1v) is 6.14. The number of ether oxygens (including phenoxy) is 1. The summed E-state index contributed by atoms with van der Waals surface area (Å²) in [5.41, 5.74) is 1.87. The third-order valence-corrected chi connectivity index (χ3v) is 3.11. The number of alkyl halides is 1. The van der Waals surface area contributed by atoms with Gasteiger partial charge in [-0.1, -0.05) is 0 Å². The number of halogens is 2. The predicted octanol–water partition coefficient (Wildman–Crippen LogP) is 4.06. The van der Waals surface area contributed by atoms with Crippen molar-refractivity contribution in [3.05, 3.63) is 35.3 Å². The highest BCUT2D eigenvalue weighted by atomic mass is 35.5. The molecule has 0 aliphatic heterocycles. The Morgan fingerprint density at radius 3 is 2.59 bits per heavy atom. The van der Waals surface area contributed by atoms with Gasteiger partial charge in [-0.25, -0.2) is 4.98 Å². The molecule has 0 aliphatic carbocycles. The number of benzene rings is 1. The normalized spacial score (nSPS) is 9.53. The lowest BCUT2D eigenvalue weighted by Crippen LogP contribution is -1.90. The zero-order valence-corrected chi connectivity index (χ0v) is 11.5. The Morgan fingerprint density at radius 1 is 1.35 bits per heavy atom. The highest BCUT2D eigenvalue weighted by molar-refractivity contribution is 7.13. The summed E-state index contributed by atoms with van der Waals surface area (Å²) >= 11 is 7.22. The van der Waals surface area contributed by atoms with Crippen LogP contribution >= 0.6 is 35.3 Å². The van der Waals surface area contributed by atoms with E-state index in [2.05, 4.69) is 10.3 Å². The van der Waals surface area contributed by atoms with Gasteiger partial charge in [-0.3, -0.25) is 0 Å². The van der Waals surface area contributed by atoms with Crippen LogP contribution in [0.5, 0.6) is 5.75 Å². The lowest BCUT2D eigenvalue weighted by atomic mass is 10.3. The van der Waals surface area contributed by atoms with Gasteiger partial charge in [0.05, 0.1) is 18.7 Å². The molecule has 0 unspecified atom stereocenters. The molecular formula is C11H12Cl2N2OS. The topological polar surface area (TPSA) is 34.1 Å². The molecule has 0 aliphatic rings. The average Bonchev–Trinajstić information content (AvgIpc) is 2.78. The van der Waals surface area contributed by atoms with Gasteiger partial charge in [-0.15, -0.1) is 35.3 Å². The number of hydrogen-bond donors (Lipinski definition) is 1. The second kappa shape index (κ2) is 6.69. The van der Waals surface area contributed by atoms with Crippen LogP contribution in [0.3, 0.4) is 0 Å². The molecule has 0 atom stereocenters. The van der Waals surface area contributed by atoms with Gasteiger partial charge < -0.3 is 10.1 Å². The molecule has 1 N–H and O–H groups in total. The Hall–Kier alpha value is -0.970. The highest BCUT2D eigenvalue weighted by Gasteiger charge is 2.01. The molecule has 0 saturated carbocycles. The van der Waals surface area contributed by atoms with Gasteiger partial charge in [0.25, 0.3) is 0 Å². The van der Waals surface area contributed by atoms with E-state index in [0.717, 1.165) is 22.3 Å². The first kappa shape index (κ1) is 14.1. The maximum Gasteiger partial charge on any atom is 0.187 e. The number of rotatable bonds is 4. The van der Waals surface area contributed by atoms with Crippen LogP contribution in [0, 0.1) is 0 Å². The molecule has 0 saturated heterocycles. The molecule has 1 aromatic heterocycles. The number of hydrogen-bond acceptors (Lipinski definition) is 4. The molecule has 3 nitrogen and oxygen atoms in total. The zero-order chi connectivity index (χ0) is 11.4. The summed E-state index contributed by atoms with van der Waals surface area (Å²) in [6.07, 6.45) is 0.